The topological polar surface area (TPSA) is 55.5 Å². The molecule has 1 aliphatic carbocycles. The van der Waals surface area contributed by atoms with Crippen molar-refractivity contribution in [2.45, 2.75) is 76.6 Å². The highest BCUT2D eigenvalue weighted by Gasteiger charge is 2.43. The van der Waals surface area contributed by atoms with Gasteiger partial charge >= 0.3 is 0 Å². The summed E-state index contributed by atoms with van der Waals surface area (Å²) < 4.78 is 6.06. The first-order valence-corrected chi connectivity index (χ1v) is 7.03. The lowest BCUT2D eigenvalue weighted by atomic mass is 9.68. The van der Waals surface area contributed by atoms with Crippen molar-refractivity contribution >= 4 is 0 Å². The Hall–Kier alpha value is -0.120. The lowest BCUT2D eigenvalue weighted by molar-refractivity contribution is -0.0739. The van der Waals surface area contributed by atoms with E-state index < -0.39 is 0 Å². The van der Waals surface area contributed by atoms with Gasteiger partial charge in [-0.3, -0.25) is 0 Å². The molecule has 2 fully saturated rings. The van der Waals surface area contributed by atoms with Gasteiger partial charge in [-0.1, -0.05) is 12.8 Å². The summed E-state index contributed by atoms with van der Waals surface area (Å²) >= 11 is 0. The Morgan fingerprint density at radius 1 is 1.24 bits per heavy atom. The molecule has 0 spiro atoms. The van der Waals surface area contributed by atoms with Crippen molar-refractivity contribution in [2.75, 3.05) is 6.54 Å². The van der Waals surface area contributed by atoms with Crippen LogP contribution in [0.5, 0.6) is 0 Å². The van der Waals surface area contributed by atoms with Gasteiger partial charge < -0.3 is 15.6 Å². The Labute approximate surface area is 105 Å². The normalized spacial score (nSPS) is 41.6. The average Bonchev–Trinajstić information content (AvgIpc) is 2.61. The molecule has 100 valence electrons. The second-order valence-electron chi connectivity index (χ2n) is 6.57. The Morgan fingerprint density at radius 3 is 2.53 bits per heavy atom. The van der Waals surface area contributed by atoms with E-state index >= 15 is 0 Å². The Balaban J connectivity index is 1.99. The molecule has 1 heterocycles. The molecule has 0 radical (unpaired) electrons. The van der Waals surface area contributed by atoms with Crippen LogP contribution in [0.15, 0.2) is 0 Å². The van der Waals surface area contributed by atoms with E-state index in [-0.39, 0.29) is 17.1 Å². The van der Waals surface area contributed by atoms with Gasteiger partial charge in [0.1, 0.15) is 0 Å². The summed E-state index contributed by atoms with van der Waals surface area (Å²) in [6.07, 6.45) is 7.54. The highest BCUT2D eigenvalue weighted by Crippen LogP contribution is 2.43. The minimum atomic E-state index is -0.228. The monoisotopic (exact) mass is 241 g/mol. The van der Waals surface area contributed by atoms with E-state index in [1.807, 2.05) is 0 Å². The third kappa shape index (κ3) is 2.83. The van der Waals surface area contributed by atoms with Crippen molar-refractivity contribution in [1.29, 1.82) is 0 Å². The zero-order valence-electron chi connectivity index (χ0n) is 11.2. The minimum Gasteiger partial charge on any atom is -0.392 e. The maximum absolute atomic E-state index is 10.3. The van der Waals surface area contributed by atoms with Crippen LogP contribution in [-0.4, -0.2) is 29.5 Å². The fourth-order valence-electron chi connectivity index (χ4n) is 3.52. The van der Waals surface area contributed by atoms with Crippen molar-refractivity contribution in [3.05, 3.63) is 0 Å². The van der Waals surface area contributed by atoms with Crippen LogP contribution < -0.4 is 5.73 Å². The van der Waals surface area contributed by atoms with Gasteiger partial charge in [0.05, 0.1) is 17.8 Å². The molecule has 1 aliphatic heterocycles. The van der Waals surface area contributed by atoms with Gasteiger partial charge in [-0.25, -0.2) is 0 Å². The van der Waals surface area contributed by atoms with Crippen LogP contribution in [-0.2, 0) is 4.74 Å². The molecule has 0 aromatic heterocycles. The second-order valence-corrected chi connectivity index (χ2v) is 6.57. The van der Waals surface area contributed by atoms with Gasteiger partial charge in [0.25, 0.3) is 0 Å². The fraction of sp³-hybridized carbons (Fsp3) is 1.00. The van der Waals surface area contributed by atoms with Gasteiger partial charge in [0.15, 0.2) is 0 Å². The molecule has 3 unspecified atom stereocenters. The largest absolute Gasteiger partial charge is 0.392 e. The summed E-state index contributed by atoms with van der Waals surface area (Å²) in [6, 6.07) is 0. The maximum atomic E-state index is 10.3. The predicted octanol–water partition coefficient (Wildman–Crippen LogP) is 2.21. The van der Waals surface area contributed by atoms with Gasteiger partial charge in [-0.2, -0.15) is 0 Å². The molecule has 1 saturated carbocycles. The van der Waals surface area contributed by atoms with E-state index in [0.717, 1.165) is 38.5 Å². The summed E-state index contributed by atoms with van der Waals surface area (Å²) in [5, 5.41) is 10.3. The van der Waals surface area contributed by atoms with Crippen LogP contribution in [0.1, 0.15) is 58.8 Å². The zero-order valence-corrected chi connectivity index (χ0v) is 11.2. The van der Waals surface area contributed by atoms with Crippen LogP contribution >= 0.6 is 0 Å². The Kier molecular flexibility index (Phi) is 3.81. The molecule has 17 heavy (non-hydrogen) atoms. The number of aliphatic hydroxyl groups is 1. The smallest absolute Gasteiger partial charge is 0.0631 e. The maximum Gasteiger partial charge on any atom is 0.0631 e. The van der Waals surface area contributed by atoms with Gasteiger partial charge in [0.2, 0.25) is 0 Å². The fourth-order valence-corrected chi connectivity index (χ4v) is 3.52. The molecule has 2 rings (SSSR count). The number of hydrogen-bond donors (Lipinski definition) is 2. The zero-order chi connectivity index (χ0) is 12.5. The highest BCUT2D eigenvalue weighted by molar-refractivity contribution is 4.95. The van der Waals surface area contributed by atoms with E-state index in [1.165, 1.54) is 6.42 Å². The summed E-state index contributed by atoms with van der Waals surface area (Å²) in [7, 11) is 0. The lowest BCUT2D eigenvalue weighted by Crippen LogP contribution is -2.46. The first-order valence-electron chi connectivity index (χ1n) is 7.03. The molecular weight excluding hydrogens is 214 g/mol. The number of hydrogen-bond acceptors (Lipinski definition) is 3. The number of ether oxygens (including phenoxy) is 1. The van der Waals surface area contributed by atoms with Crippen LogP contribution in [0.25, 0.3) is 0 Å². The predicted molar refractivity (Wildman–Crippen MR) is 68.8 cm³/mol. The Morgan fingerprint density at radius 2 is 2.00 bits per heavy atom. The van der Waals surface area contributed by atoms with E-state index in [2.05, 4.69) is 13.8 Å². The third-order valence-corrected chi connectivity index (χ3v) is 4.70. The van der Waals surface area contributed by atoms with Crippen LogP contribution in [0.4, 0.5) is 0 Å². The molecule has 0 aromatic rings. The molecule has 3 N–H and O–H groups in total. The van der Waals surface area contributed by atoms with Crippen molar-refractivity contribution in [3.63, 3.8) is 0 Å². The summed E-state index contributed by atoms with van der Waals surface area (Å²) in [4.78, 5) is 0. The second kappa shape index (κ2) is 4.87. The van der Waals surface area contributed by atoms with Crippen molar-refractivity contribution in [1.82, 2.24) is 0 Å². The molecule has 1 saturated heterocycles. The van der Waals surface area contributed by atoms with Crippen molar-refractivity contribution in [2.24, 2.45) is 11.1 Å². The van der Waals surface area contributed by atoms with Crippen molar-refractivity contribution in [3.8, 4) is 0 Å². The highest BCUT2D eigenvalue weighted by atomic mass is 16.5. The van der Waals surface area contributed by atoms with Gasteiger partial charge in [-0.05, 0) is 46.0 Å². The molecule has 3 heteroatoms. The molecule has 0 amide bonds. The van der Waals surface area contributed by atoms with E-state index in [1.54, 1.807) is 0 Å². The van der Waals surface area contributed by atoms with Gasteiger partial charge in [0, 0.05) is 12.0 Å². The standard InChI is InChI=1S/C14H27NO2/c1-13(2)8-6-11(17-13)9-14(10-15)7-4-3-5-12(14)16/h11-12,16H,3-10,15H2,1-2H3. The van der Waals surface area contributed by atoms with Crippen molar-refractivity contribution < 1.29 is 9.84 Å². The molecule has 2 aliphatic rings. The SMILES string of the molecule is CC1(C)CCC(CC2(CN)CCCCC2O)O1. The first kappa shape index (κ1) is 13.3. The molecular formula is C14H27NO2. The molecule has 0 bridgehead atoms. The molecule has 0 aromatic carbocycles. The Bertz CT molecular complexity index is 267. The van der Waals surface area contributed by atoms with Gasteiger partial charge in [-0.15, -0.1) is 0 Å². The first-order chi connectivity index (χ1) is 7.97. The number of nitrogens with two attached hydrogens (primary N) is 1. The third-order valence-electron chi connectivity index (χ3n) is 4.70. The number of aliphatic hydroxyl groups excluding tert-OH is 1. The summed E-state index contributed by atoms with van der Waals surface area (Å²) in [5.74, 6) is 0. The quantitative estimate of drug-likeness (QED) is 0.796. The lowest BCUT2D eigenvalue weighted by Gasteiger charge is -2.42. The minimum absolute atomic E-state index is 0.0140. The van der Waals surface area contributed by atoms with Crippen LogP contribution in [0.3, 0.4) is 0 Å². The number of rotatable bonds is 3. The van der Waals surface area contributed by atoms with E-state index in [9.17, 15) is 5.11 Å². The van der Waals surface area contributed by atoms with E-state index in [0.29, 0.717) is 12.6 Å². The molecule has 3 atom stereocenters. The van der Waals surface area contributed by atoms with E-state index in [4.69, 9.17) is 10.5 Å². The summed E-state index contributed by atoms with van der Waals surface area (Å²) in [6.45, 7) is 4.90. The van der Waals surface area contributed by atoms with Crippen LogP contribution in [0.2, 0.25) is 0 Å². The van der Waals surface area contributed by atoms with Crippen LogP contribution in [0, 0.1) is 5.41 Å². The summed E-state index contributed by atoms with van der Waals surface area (Å²) in [5.41, 5.74) is 5.89. The molecule has 3 nitrogen and oxygen atoms in total. The average molecular weight is 241 g/mol.